The van der Waals surface area contributed by atoms with Crippen LogP contribution in [0, 0.1) is 11.6 Å². The third-order valence-corrected chi connectivity index (χ3v) is 6.14. The van der Waals surface area contributed by atoms with Crippen LogP contribution in [0.4, 0.5) is 14.5 Å². The molecule has 2 aliphatic rings. The van der Waals surface area contributed by atoms with Crippen molar-refractivity contribution < 1.29 is 18.4 Å². The number of hydrogen-bond donors (Lipinski definition) is 2. The van der Waals surface area contributed by atoms with Crippen LogP contribution in [0.3, 0.4) is 0 Å². The van der Waals surface area contributed by atoms with Gasteiger partial charge in [0.1, 0.15) is 0 Å². The Morgan fingerprint density at radius 2 is 1.97 bits per heavy atom. The van der Waals surface area contributed by atoms with Crippen LogP contribution >= 0.6 is 0 Å². The Kier molecular flexibility index (Phi) is 6.99. The van der Waals surface area contributed by atoms with Crippen molar-refractivity contribution in [1.29, 1.82) is 0 Å². The van der Waals surface area contributed by atoms with Gasteiger partial charge in [-0.25, -0.2) is 8.78 Å². The second-order valence-electron chi connectivity index (χ2n) is 8.26. The summed E-state index contributed by atoms with van der Waals surface area (Å²) in [7, 11) is 0. The zero-order valence-corrected chi connectivity index (χ0v) is 17.9. The lowest BCUT2D eigenvalue weighted by molar-refractivity contribution is -0.134. The Labute approximate surface area is 186 Å². The van der Waals surface area contributed by atoms with E-state index in [2.05, 4.69) is 33.7 Å². The van der Waals surface area contributed by atoms with E-state index in [-0.39, 0.29) is 30.3 Å². The molecule has 1 saturated heterocycles. The van der Waals surface area contributed by atoms with Crippen LogP contribution < -0.4 is 15.5 Å². The van der Waals surface area contributed by atoms with Gasteiger partial charge in [-0.1, -0.05) is 30.3 Å². The molecular weight excluding hydrogens is 414 g/mol. The van der Waals surface area contributed by atoms with Crippen molar-refractivity contribution in [2.24, 2.45) is 0 Å². The molecule has 6 nitrogen and oxygen atoms in total. The van der Waals surface area contributed by atoms with Gasteiger partial charge in [-0.3, -0.25) is 14.5 Å². The van der Waals surface area contributed by atoms with Crippen molar-refractivity contribution in [2.75, 3.05) is 37.6 Å². The molecule has 0 bridgehead atoms. The average Bonchev–Trinajstić information content (AvgIpc) is 3.20. The number of carbonyl (C=O) groups is 2. The first-order valence-electron chi connectivity index (χ1n) is 11.1. The smallest absolute Gasteiger partial charge is 0.237 e. The quantitative estimate of drug-likeness (QED) is 0.616. The second kappa shape index (κ2) is 10.1. The largest absolute Gasteiger partial charge is 0.371 e. The van der Waals surface area contributed by atoms with Crippen LogP contribution in [0.5, 0.6) is 0 Å². The fourth-order valence-electron chi connectivity index (χ4n) is 4.45. The van der Waals surface area contributed by atoms with E-state index in [4.69, 9.17) is 0 Å². The number of nitrogens with zero attached hydrogens (tertiary/aromatic N) is 2. The number of para-hydroxylation sites is 1. The normalized spacial score (nSPS) is 18.4. The first-order chi connectivity index (χ1) is 15.5. The maximum absolute atomic E-state index is 14.1. The molecule has 170 valence electrons. The molecule has 0 aliphatic carbocycles. The number of anilines is 1. The third kappa shape index (κ3) is 5.07. The summed E-state index contributed by atoms with van der Waals surface area (Å²) in [6.07, 6.45) is 1.82. The van der Waals surface area contributed by atoms with Crippen LogP contribution in [-0.4, -0.2) is 55.5 Å². The SMILES string of the molecule is O=C(C[C@@H]1C(=O)NCCN1Cc1cccc(F)c1F)NCCCN1CCc2ccccc21. The highest BCUT2D eigenvalue weighted by atomic mass is 19.2. The fourth-order valence-corrected chi connectivity index (χ4v) is 4.45. The predicted octanol–water partition coefficient (Wildman–Crippen LogP) is 2.22. The number of hydrogen-bond acceptors (Lipinski definition) is 4. The molecule has 0 saturated carbocycles. The molecule has 2 aliphatic heterocycles. The van der Waals surface area contributed by atoms with E-state index in [0.29, 0.717) is 19.6 Å². The summed E-state index contributed by atoms with van der Waals surface area (Å²) in [6.45, 7) is 3.31. The van der Waals surface area contributed by atoms with Crippen molar-refractivity contribution in [3.05, 3.63) is 65.2 Å². The molecule has 0 aromatic heterocycles. The van der Waals surface area contributed by atoms with Gasteiger partial charge in [0.2, 0.25) is 11.8 Å². The zero-order chi connectivity index (χ0) is 22.5. The van der Waals surface area contributed by atoms with Crippen molar-refractivity contribution in [3.8, 4) is 0 Å². The first-order valence-corrected chi connectivity index (χ1v) is 11.1. The van der Waals surface area contributed by atoms with Gasteiger partial charge >= 0.3 is 0 Å². The number of nitrogens with one attached hydrogen (secondary N) is 2. The highest BCUT2D eigenvalue weighted by Gasteiger charge is 2.32. The summed E-state index contributed by atoms with van der Waals surface area (Å²) in [5.74, 6) is -2.32. The van der Waals surface area contributed by atoms with Crippen molar-refractivity contribution in [1.82, 2.24) is 15.5 Å². The Bertz CT molecular complexity index is 984. The van der Waals surface area contributed by atoms with E-state index in [9.17, 15) is 18.4 Å². The molecule has 1 fully saturated rings. The molecule has 0 unspecified atom stereocenters. The van der Waals surface area contributed by atoms with Gasteiger partial charge in [-0.2, -0.15) is 0 Å². The molecule has 2 heterocycles. The number of rotatable bonds is 8. The van der Waals surface area contributed by atoms with E-state index in [1.807, 2.05) is 6.07 Å². The van der Waals surface area contributed by atoms with E-state index in [1.165, 1.54) is 23.4 Å². The molecule has 2 amide bonds. The van der Waals surface area contributed by atoms with Gasteiger partial charge in [0.25, 0.3) is 0 Å². The van der Waals surface area contributed by atoms with Gasteiger partial charge in [0.05, 0.1) is 12.5 Å². The Balaban J connectivity index is 1.27. The van der Waals surface area contributed by atoms with Gasteiger partial charge in [0, 0.05) is 50.5 Å². The summed E-state index contributed by atoms with van der Waals surface area (Å²) in [5, 5.41) is 5.65. The summed E-state index contributed by atoms with van der Waals surface area (Å²) in [6, 6.07) is 11.7. The lowest BCUT2D eigenvalue weighted by Crippen LogP contribution is -2.56. The van der Waals surface area contributed by atoms with Crippen molar-refractivity contribution in [2.45, 2.75) is 31.8 Å². The second-order valence-corrected chi connectivity index (χ2v) is 8.26. The fraction of sp³-hybridized carbons (Fsp3) is 0.417. The first kappa shape index (κ1) is 22.2. The Morgan fingerprint density at radius 1 is 1.12 bits per heavy atom. The summed E-state index contributed by atoms with van der Waals surface area (Å²) in [4.78, 5) is 29.0. The third-order valence-electron chi connectivity index (χ3n) is 6.14. The van der Waals surface area contributed by atoms with Crippen LogP contribution in [0.2, 0.25) is 0 Å². The minimum absolute atomic E-state index is 0.0185. The summed E-state index contributed by atoms with van der Waals surface area (Å²) >= 11 is 0. The predicted molar refractivity (Wildman–Crippen MR) is 118 cm³/mol. The molecule has 2 aromatic rings. The topological polar surface area (TPSA) is 64.7 Å². The van der Waals surface area contributed by atoms with Crippen LogP contribution in [-0.2, 0) is 22.6 Å². The molecule has 8 heteroatoms. The molecule has 32 heavy (non-hydrogen) atoms. The minimum atomic E-state index is -0.918. The molecule has 4 rings (SSSR count). The number of benzene rings is 2. The Hall–Kier alpha value is -3.00. The van der Waals surface area contributed by atoms with Crippen molar-refractivity contribution in [3.63, 3.8) is 0 Å². The number of halogens is 2. The van der Waals surface area contributed by atoms with E-state index in [1.54, 1.807) is 4.90 Å². The van der Waals surface area contributed by atoms with Gasteiger partial charge in [-0.05, 0) is 30.5 Å². The van der Waals surface area contributed by atoms with Gasteiger partial charge < -0.3 is 15.5 Å². The molecule has 0 radical (unpaired) electrons. The number of carbonyl (C=O) groups excluding carboxylic acids is 2. The number of fused-ring (bicyclic) bond motifs is 1. The molecule has 2 aromatic carbocycles. The maximum atomic E-state index is 14.1. The molecule has 1 atom stereocenters. The van der Waals surface area contributed by atoms with Crippen LogP contribution in [0.25, 0.3) is 0 Å². The minimum Gasteiger partial charge on any atom is -0.371 e. The van der Waals surface area contributed by atoms with Crippen LogP contribution in [0.15, 0.2) is 42.5 Å². The monoisotopic (exact) mass is 442 g/mol. The average molecular weight is 443 g/mol. The van der Waals surface area contributed by atoms with Crippen molar-refractivity contribution >= 4 is 17.5 Å². The maximum Gasteiger partial charge on any atom is 0.237 e. The standard InChI is InChI=1S/C24H28F2N4O2/c25-19-7-3-6-18(23(19)26)16-30-14-11-28-24(32)21(30)15-22(31)27-10-4-12-29-13-9-17-5-1-2-8-20(17)29/h1-3,5-8,21H,4,9-16H2,(H,27,31)(H,28,32)/t21-/m1/s1. The zero-order valence-electron chi connectivity index (χ0n) is 17.9. The summed E-state index contributed by atoms with van der Waals surface area (Å²) < 4.78 is 27.6. The van der Waals surface area contributed by atoms with Crippen LogP contribution in [0.1, 0.15) is 24.0 Å². The Morgan fingerprint density at radius 3 is 2.84 bits per heavy atom. The number of amides is 2. The molecule has 0 spiro atoms. The molecule has 2 N–H and O–H groups in total. The van der Waals surface area contributed by atoms with Gasteiger partial charge in [-0.15, -0.1) is 0 Å². The highest BCUT2D eigenvalue weighted by Crippen LogP contribution is 2.27. The van der Waals surface area contributed by atoms with Gasteiger partial charge in [0.15, 0.2) is 11.6 Å². The number of piperazine rings is 1. The van der Waals surface area contributed by atoms with E-state index < -0.39 is 17.7 Å². The van der Waals surface area contributed by atoms with E-state index >= 15 is 0 Å². The lowest BCUT2D eigenvalue weighted by atomic mass is 10.1. The molecular formula is C24H28F2N4O2. The lowest BCUT2D eigenvalue weighted by Gasteiger charge is -2.34. The highest BCUT2D eigenvalue weighted by molar-refractivity contribution is 5.88. The summed E-state index contributed by atoms with van der Waals surface area (Å²) in [5.41, 5.74) is 2.80. The van der Waals surface area contributed by atoms with E-state index in [0.717, 1.165) is 32.0 Å².